The molecule has 0 saturated carbocycles. The fourth-order valence-electron chi connectivity index (χ4n) is 0.573. The van der Waals surface area contributed by atoms with Crippen LogP contribution in [-0.2, 0) is 0 Å². The zero-order valence-electron chi connectivity index (χ0n) is 5.28. The van der Waals surface area contributed by atoms with Gasteiger partial charge >= 0.3 is 0 Å². The van der Waals surface area contributed by atoms with E-state index in [1.54, 1.807) is 6.20 Å². The molecule has 46 valence electrons. The number of nitrogens with zero attached hydrogens (tertiary/aromatic N) is 2. The van der Waals surface area contributed by atoms with Gasteiger partial charge in [-0.2, -0.15) is 10.2 Å². The maximum atomic E-state index is 3.83. The normalized spacial score (nSPS) is 10.3. The molecule has 0 atom stereocenters. The predicted octanol–water partition coefficient (Wildman–Crippen LogP) is 1.51. The van der Waals surface area contributed by atoms with Gasteiger partial charge in [0.05, 0.1) is 5.69 Å². The molecule has 0 aliphatic carbocycles. The van der Waals surface area contributed by atoms with E-state index in [9.17, 15) is 0 Å². The third-order valence-electron chi connectivity index (χ3n) is 0.930. The van der Waals surface area contributed by atoms with Crippen LogP contribution in [0.4, 0.5) is 0 Å². The minimum atomic E-state index is 0.903. The van der Waals surface area contributed by atoms with Crippen molar-refractivity contribution in [1.82, 2.24) is 10.2 Å². The van der Waals surface area contributed by atoms with E-state index in [1.165, 1.54) is 0 Å². The summed E-state index contributed by atoms with van der Waals surface area (Å²) in [6, 6.07) is 3.77. The Bertz CT molecular complexity index is 191. The van der Waals surface area contributed by atoms with Gasteiger partial charge in [0.15, 0.2) is 0 Å². The fourth-order valence-corrected chi connectivity index (χ4v) is 0.573. The predicted molar refractivity (Wildman–Crippen MR) is 36.7 cm³/mol. The van der Waals surface area contributed by atoms with E-state index in [1.807, 2.05) is 31.2 Å². The van der Waals surface area contributed by atoms with Gasteiger partial charge in [-0.25, -0.2) is 0 Å². The first-order valence-electron chi connectivity index (χ1n) is 2.84. The first kappa shape index (κ1) is 5.95. The number of rotatable bonds is 1. The van der Waals surface area contributed by atoms with Gasteiger partial charge in [0.1, 0.15) is 0 Å². The molecule has 0 bridgehead atoms. The zero-order chi connectivity index (χ0) is 6.53. The second kappa shape index (κ2) is 2.97. The molecule has 0 unspecified atom stereocenters. The molecular weight excluding hydrogens is 112 g/mol. The van der Waals surface area contributed by atoms with Crippen molar-refractivity contribution in [3.63, 3.8) is 0 Å². The van der Waals surface area contributed by atoms with Crippen LogP contribution in [0, 0.1) is 0 Å². The largest absolute Gasteiger partial charge is 0.159 e. The molecule has 2 heteroatoms. The quantitative estimate of drug-likeness (QED) is 0.561. The van der Waals surface area contributed by atoms with Crippen LogP contribution in [-0.4, -0.2) is 10.2 Å². The van der Waals surface area contributed by atoms with Gasteiger partial charge in [0.2, 0.25) is 0 Å². The molecule has 1 rings (SSSR count). The molecule has 0 spiro atoms. The van der Waals surface area contributed by atoms with Crippen molar-refractivity contribution in [1.29, 1.82) is 0 Å². The Labute approximate surface area is 54.2 Å². The Morgan fingerprint density at radius 1 is 1.56 bits per heavy atom. The monoisotopic (exact) mass is 120 g/mol. The molecule has 1 aromatic rings. The van der Waals surface area contributed by atoms with Crippen molar-refractivity contribution in [2.45, 2.75) is 6.92 Å². The van der Waals surface area contributed by atoms with Gasteiger partial charge in [-0.15, -0.1) is 0 Å². The Morgan fingerprint density at radius 3 is 3.00 bits per heavy atom. The van der Waals surface area contributed by atoms with E-state index in [4.69, 9.17) is 0 Å². The summed E-state index contributed by atoms with van der Waals surface area (Å²) in [5.74, 6) is 0. The summed E-state index contributed by atoms with van der Waals surface area (Å²) >= 11 is 0. The van der Waals surface area contributed by atoms with Gasteiger partial charge in [-0.1, -0.05) is 6.08 Å². The SMILES string of the molecule is CC=Cc1cccnn1. The third kappa shape index (κ3) is 1.64. The molecule has 0 aromatic carbocycles. The second-order valence-corrected chi connectivity index (χ2v) is 1.65. The van der Waals surface area contributed by atoms with Crippen LogP contribution in [0.2, 0.25) is 0 Å². The summed E-state index contributed by atoms with van der Waals surface area (Å²) in [6.07, 6.45) is 5.50. The van der Waals surface area contributed by atoms with E-state index in [-0.39, 0.29) is 0 Å². The average Bonchev–Trinajstić information content (AvgIpc) is 1.91. The highest BCUT2D eigenvalue weighted by Gasteiger charge is 1.80. The molecule has 0 fully saturated rings. The lowest BCUT2D eigenvalue weighted by molar-refractivity contribution is 1.02. The summed E-state index contributed by atoms with van der Waals surface area (Å²) in [6.45, 7) is 1.95. The number of allylic oxidation sites excluding steroid dienone is 1. The second-order valence-electron chi connectivity index (χ2n) is 1.65. The highest BCUT2D eigenvalue weighted by atomic mass is 15.1. The molecule has 0 radical (unpaired) electrons. The van der Waals surface area contributed by atoms with Crippen LogP contribution in [0.5, 0.6) is 0 Å². The van der Waals surface area contributed by atoms with Crippen molar-refractivity contribution in [3.05, 3.63) is 30.1 Å². The van der Waals surface area contributed by atoms with Gasteiger partial charge in [0.25, 0.3) is 0 Å². The lowest BCUT2D eigenvalue weighted by Crippen LogP contribution is -1.80. The van der Waals surface area contributed by atoms with Crippen LogP contribution in [0.3, 0.4) is 0 Å². The number of hydrogen-bond acceptors (Lipinski definition) is 2. The van der Waals surface area contributed by atoms with Crippen molar-refractivity contribution >= 4 is 6.08 Å². The lowest BCUT2D eigenvalue weighted by atomic mass is 10.4. The van der Waals surface area contributed by atoms with Crippen LogP contribution >= 0.6 is 0 Å². The fraction of sp³-hybridized carbons (Fsp3) is 0.143. The van der Waals surface area contributed by atoms with Gasteiger partial charge < -0.3 is 0 Å². The first-order chi connectivity index (χ1) is 4.43. The molecule has 0 aliphatic rings. The Balaban J connectivity index is 2.85. The summed E-state index contributed by atoms with van der Waals surface area (Å²) in [5, 5.41) is 7.53. The van der Waals surface area contributed by atoms with E-state index >= 15 is 0 Å². The maximum absolute atomic E-state index is 3.83. The summed E-state index contributed by atoms with van der Waals surface area (Å²) < 4.78 is 0. The summed E-state index contributed by atoms with van der Waals surface area (Å²) in [5.41, 5.74) is 0.903. The molecule has 1 heterocycles. The van der Waals surface area contributed by atoms with Crippen LogP contribution in [0.15, 0.2) is 24.4 Å². The molecule has 0 N–H and O–H groups in total. The van der Waals surface area contributed by atoms with Crippen molar-refractivity contribution in [2.24, 2.45) is 0 Å². The van der Waals surface area contributed by atoms with E-state index in [0.717, 1.165) is 5.69 Å². The Hall–Kier alpha value is -1.18. The minimum absolute atomic E-state index is 0.903. The highest BCUT2D eigenvalue weighted by Crippen LogP contribution is 1.92. The maximum Gasteiger partial charge on any atom is 0.0854 e. The van der Waals surface area contributed by atoms with Gasteiger partial charge in [0, 0.05) is 6.20 Å². The van der Waals surface area contributed by atoms with Crippen molar-refractivity contribution < 1.29 is 0 Å². The molecule has 9 heavy (non-hydrogen) atoms. The summed E-state index contributed by atoms with van der Waals surface area (Å²) in [4.78, 5) is 0. The Morgan fingerprint density at radius 2 is 2.44 bits per heavy atom. The van der Waals surface area contributed by atoms with Gasteiger partial charge in [-0.05, 0) is 25.1 Å². The molecule has 2 nitrogen and oxygen atoms in total. The van der Waals surface area contributed by atoms with E-state index in [0.29, 0.717) is 0 Å². The molecule has 0 aliphatic heterocycles. The summed E-state index contributed by atoms with van der Waals surface area (Å²) in [7, 11) is 0. The molecular formula is C7H8N2. The first-order valence-corrected chi connectivity index (χ1v) is 2.84. The Kier molecular flexibility index (Phi) is 1.96. The number of aromatic nitrogens is 2. The third-order valence-corrected chi connectivity index (χ3v) is 0.930. The van der Waals surface area contributed by atoms with E-state index in [2.05, 4.69) is 10.2 Å². The van der Waals surface area contributed by atoms with Crippen molar-refractivity contribution in [2.75, 3.05) is 0 Å². The standard InChI is InChI=1S/C7H8N2/c1-2-4-7-5-3-6-8-9-7/h2-6H,1H3. The van der Waals surface area contributed by atoms with Crippen LogP contribution < -0.4 is 0 Å². The smallest absolute Gasteiger partial charge is 0.0854 e. The van der Waals surface area contributed by atoms with Crippen LogP contribution in [0.25, 0.3) is 6.08 Å². The highest BCUT2D eigenvalue weighted by molar-refractivity contribution is 5.42. The lowest BCUT2D eigenvalue weighted by Gasteiger charge is -1.84. The van der Waals surface area contributed by atoms with E-state index < -0.39 is 0 Å². The zero-order valence-corrected chi connectivity index (χ0v) is 5.28. The molecule has 0 saturated heterocycles. The minimum Gasteiger partial charge on any atom is -0.159 e. The topological polar surface area (TPSA) is 25.8 Å². The average molecular weight is 120 g/mol. The molecule has 0 amide bonds. The van der Waals surface area contributed by atoms with Gasteiger partial charge in [-0.3, -0.25) is 0 Å². The van der Waals surface area contributed by atoms with Crippen molar-refractivity contribution in [3.8, 4) is 0 Å². The number of hydrogen-bond donors (Lipinski definition) is 0. The van der Waals surface area contributed by atoms with Crippen LogP contribution in [0.1, 0.15) is 12.6 Å². The molecule has 1 aromatic heterocycles.